The zero-order valence-corrected chi connectivity index (χ0v) is 25.2. The van der Waals surface area contributed by atoms with E-state index in [1.807, 2.05) is 30.4 Å². The molecule has 1 amide bonds. The molecule has 1 aliphatic carbocycles. The maximum atomic E-state index is 13.2. The molecule has 9 heteroatoms. The lowest BCUT2D eigenvalue weighted by molar-refractivity contribution is -0.168. The van der Waals surface area contributed by atoms with E-state index >= 15 is 0 Å². The van der Waals surface area contributed by atoms with E-state index in [2.05, 4.69) is 4.90 Å². The van der Waals surface area contributed by atoms with E-state index in [0.717, 1.165) is 55.5 Å². The number of hydrogen-bond acceptors (Lipinski definition) is 7. The number of methoxy groups -OCH3 is 1. The van der Waals surface area contributed by atoms with Crippen molar-refractivity contribution in [3.8, 4) is 5.75 Å². The van der Waals surface area contributed by atoms with Crippen LogP contribution in [0.4, 0.5) is 5.69 Å². The Labute approximate surface area is 252 Å². The van der Waals surface area contributed by atoms with Crippen molar-refractivity contribution in [3.63, 3.8) is 0 Å². The lowest BCUT2D eigenvalue weighted by Crippen LogP contribution is -2.44. The van der Waals surface area contributed by atoms with Gasteiger partial charge in [-0.05, 0) is 91.3 Å². The summed E-state index contributed by atoms with van der Waals surface area (Å²) in [5.74, 6) is -0.239. The van der Waals surface area contributed by atoms with Crippen molar-refractivity contribution in [1.82, 2.24) is 4.90 Å². The fourth-order valence-corrected chi connectivity index (χ4v) is 6.53. The van der Waals surface area contributed by atoms with Gasteiger partial charge in [-0.3, -0.25) is 4.79 Å². The molecule has 1 saturated carbocycles. The Morgan fingerprint density at radius 2 is 1.95 bits per heavy atom. The number of amides is 1. The number of rotatable bonds is 1. The molecule has 0 radical (unpaired) electrons. The molecule has 0 unspecified atom stereocenters. The predicted octanol–water partition coefficient (Wildman–Crippen LogP) is 4.62. The van der Waals surface area contributed by atoms with Gasteiger partial charge in [0.2, 0.25) is 5.91 Å². The van der Waals surface area contributed by atoms with Crippen molar-refractivity contribution < 1.29 is 29.3 Å². The molecule has 2 bridgehead atoms. The van der Waals surface area contributed by atoms with Crippen LogP contribution in [0.5, 0.6) is 5.75 Å². The van der Waals surface area contributed by atoms with Crippen molar-refractivity contribution in [3.05, 3.63) is 70.3 Å². The Bertz CT molecular complexity index is 1330. The first-order valence-electron chi connectivity index (χ1n) is 14.9. The van der Waals surface area contributed by atoms with E-state index in [-0.39, 0.29) is 23.3 Å². The van der Waals surface area contributed by atoms with E-state index < -0.39 is 24.1 Å². The number of nitrogens with zero attached hydrogens (tertiary/aromatic N) is 2. The van der Waals surface area contributed by atoms with Crippen LogP contribution in [-0.2, 0) is 33.0 Å². The highest BCUT2D eigenvalue weighted by Gasteiger charge is 2.43. The molecule has 42 heavy (non-hydrogen) atoms. The van der Waals surface area contributed by atoms with Gasteiger partial charge in [0.25, 0.3) is 0 Å². The summed E-state index contributed by atoms with van der Waals surface area (Å²) in [4.78, 5) is 30.0. The fraction of sp³-hybridized carbons (Fsp3) is 0.515. The first-order valence-corrected chi connectivity index (χ1v) is 15.3. The number of aryl methyl sites for hydroxylation is 1. The number of aliphatic hydroxyl groups is 2. The third-order valence-corrected chi connectivity index (χ3v) is 9.38. The minimum atomic E-state index is -2.17. The lowest BCUT2D eigenvalue weighted by atomic mass is 9.70. The van der Waals surface area contributed by atoms with Crippen molar-refractivity contribution in [2.75, 3.05) is 38.7 Å². The Hall–Kier alpha value is -3.07. The summed E-state index contributed by atoms with van der Waals surface area (Å²) in [6.45, 7) is 2.16. The summed E-state index contributed by atoms with van der Waals surface area (Å²) < 4.78 is 11.4. The number of aliphatic hydroxyl groups excluding tert-OH is 1. The molecule has 2 N–H and O–H groups in total. The van der Waals surface area contributed by atoms with Crippen LogP contribution in [0.2, 0.25) is 5.02 Å². The molecule has 0 saturated heterocycles. The molecule has 2 aromatic carbocycles. The second-order valence-electron chi connectivity index (χ2n) is 11.8. The van der Waals surface area contributed by atoms with Crippen LogP contribution in [0, 0.1) is 11.8 Å². The van der Waals surface area contributed by atoms with E-state index in [4.69, 9.17) is 21.1 Å². The van der Waals surface area contributed by atoms with Gasteiger partial charge in [-0.1, -0.05) is 35.9 Å². The maximum absolute atomic E-state index is 13.2. The number of carbonyl (C=O) groups excluding carboxylic acids is 2. The Morgan fingerprint density at radius 1 is 1.12 bits per heavy atom. The summed E-state index contributed by atoms with van der Waals surface area (Å²) in [6, 6.07) is 11.1. The molecule has 2 aromatic rings. The van der Waals surface area contributed by atoms with E-state index in [9.17, 15) is 19.8 Å². The Balaban J connectivity index is 1.59. The van der Waals surface area contributed by atoms with Crippen LogP contribution < -0.4 is 9.64 Å². The van der Waals surface area contributed by atoms with Gasteiger partial charge in [-0.15, -0.1) is 0 Å². The standard InChI is InChI=1S/C33H41ClN2O6/c1-35-15-5-4-8-29(37)27-13-10-23(27)20-36-16-6-3-7-22-17-26(34)12-9-24(22)21-42-30-14-11-25(18-28(30)36)33(40,19-31(35)38)32(39)41-2/h4,8-9,11-12,14,17-18,23,27,29,37,40H,3,5-7,10,13,15-16,19-21H2,1-2H3/b8-4+/t23-,27+,29-,33-/m0/s1. The van der Waals surface area contributed by atoms with Crippen LogP contribution in [0.15, 0.2) is 48.6 Å². The average molecular weight is 597 g/mol. The second kappa shape index (κ2) is 13.1. The van der Waals surface area contributed by atoms with Gasteiger partial charge in [0.1, 0.15) is 12.4 Å². The zero-order chi connectivity index (χ0) is 29.9. The third-order valence-electron chi connectivity index (χ3n) is 9.14. The van der Waals surface area contributed by atoms with Gasteiger partial charge in [0.15, 0.2) is 5.60 Å². The number of benzene rings is 2. The molecular formula is C33H41ClN2O6. The number of halogens is 1. The predicted molar refractivity (Wildman–Crippen MR) is 162 cm³/mol. The average Bonchev–Trinajstić information content (AvgIpc) is 2.99. The van der Waals surface area contributed by atoms with E-state index in [0.29, 0.717) is 36.9 Å². The molecule has 3 aliphatic rings. The molecular weight excluding hydrogens is 556 g/mol. The van der Waals surface area contributed by atoms with Crippen molar-refractivity contribution in [2.24, 2.45) is 11.8 Å². The number of fused-ring (bicyclic) bond motifs is 3. The van der Waals surface area contributed by atoms with Gasteiger partial charge in [0, 0.05) is 31.7 Å². The number of carbonyl (C=O) groups is 2. The Kier molecular flexibility index (Phi) is 9.45. The number of ether oxygens (including phenoxy) is 2. The molecule has 4 atom stereocenters. The maximum Gasteiger partial charge on any atom is 0.343 e. The van der Waals surface area contributed by atoms with Gasteiger partial charge in [-0.2, -0.15) is 0 Å². The molecule has 0 spiro atoms. The minimum absolute atomic E-state index is 0.137. The zero-order valence-electron chi connectivity index (χ0n) is 24.4. The van der Waals surface area contributed by atoms with Crippen LogP contribution in [0.1, 0.15) is 55.2 Å². The van der Waals surface area contributed by atoms with Crippen molar-refractivity contribution in [1.29, 1.82) is 0 Å². The molecule has 1 fully saturated rings. The van der Waals surface area contributed by atoms with Crippen molar-refractivity contribution >= 4 is 29.2 Å². The van der Waals surface area contributed by atoms with Crippen LogP contribution >= 0.6 is 11.6 Å². The largest absolute Gasteiger partial charge is 0.487 e. The smallest absolute Gasteiger partial charge is 0.343 e. The monoisotopic (exact) mass is 596 g/mol. The van der Waals surface area contributed by atoms with Gasteiger partial charge in [0.05, 0.1) is 25.3 Å². The van der Waals surface area contributed by atoms with Crippen molar-refractivity contribution in [2.45, 2.75) is 63.3 Å². The third kappa shape index (κ3) is 6.46. The topological polar surface area (TPSA) is 99.5 Å². The molecule has 5 rings (SSSR count). The van der Waals surface area contributed by atoms with Gasteiger partial charge < -0.3 is 29.5 Å². The van der Waals surface area contributed by atoms with E-state index in [1.165, 1.54) is 12.0 Å². The lowest BCUT2D eigenvalue weighted by Gasteiger charge is -2.43. The summed E-state index contributed by atoms with van der Waals surface area (Å²) >= 11 is 6.32. The minimum Gasteiger partial charge on any atom is -0.487 e. The van der Waals surface area contributed by atoms with Gasteiger partial charge >= 0.3 is 5.97 Å². The van der Waals surface area contributed by atoms with E-state index in [1.54, 1.807) is 25.2 Å². The van der Waals surface area contributed by atoms with Gasteiger partial charge in [-0.25, -0.2) is 4.79 Å². The van der Waals surface area contributed by atoms with Crippen LogP contribution in [0.25, 0.3) is 0 Å². The highest BCUT2D eigenvalue weighted by Crippen LogP contribution is 2.42. The SMILES string of the molecule is COC(=O)[C@]1(O)CC(=O)N(C)CC/C=C/[C@H](O)[C@@H]2CC[C@H]2CN2CCCCc3cc(Cl)ccc3COc3ccc1cc32. The highest BCUT2D eigenvalue weighted by molar-refractivity contribution is 6.30. The molecule has 226 valence electrons. The first-order chi connectivity index (χ1) is 20.2. The molecule has 2 aliphatic heterocycles. The number of anilines is 1. The second-order valence-corrected chi connectivity index (χ2v) is 12.3. The fourth-order valence-electron chi connectivity index (χ4n) is 6.34. The normalized spacial score (nSPS) is 27.8. The highest BCUT2D eigenvalue weighted by atomic mass is 35.5. The summed E-state index contributed by atoms with van der Waals surface area (Å²) in [5.41, 5.74) is 1.08. The molecule has 8 nitrogen and oxygen atoms in total. The Morgan fingerprint density at radius 3 is 2.71 bits per heavy atom. The molecule has 0 aromatic heterocycles. The van der Waals surface area contributed by atoms with Crippen LogP contribution in [-0.4, -0.2) is 66.9 Å². The summed E-state index contributed by atoms with van der Waals surface area (Å²) in [6.07, 6.45) is 7.99. The summed E-state index contributed by atoms with van der Waals surface area (Å²) in [7, 11) is 2.86. The van der Waals surface area contributed by atoms with Crippen LogP contribution in [0.3, 0.4) is 0 Å². The number of esters is 1. The summed E-state index contributed by atoms with van der Waals surface area (Å²) in [5, 5.41) is 23.5. The number of hydrogen-bond donors (Lipinski definition) is 2. The first kappa shape index (κ1) is 30.4. The quantitative estimate of drug-likeness (QED) is 0.366. The molecule has 2 heterocycles.